The van der Waals surface area contributed by atoms with Crippen LogP contribution in [0.2, 0.25) is 0 Å². The highest BCUT2D eigenvalue weighted by atomic mass is 19.1. The van der Waals surface area contributed by atoms with Crippen molar-refractivity contribution in [3.63, 3.8) is 0 Å². The summed E-state index contributed by atoms with van der Waals surface area (Å²) in [5, 5.41) is 12.2. The number of carbonyl (C=O) groups is 1. The molecule has 0 aromatic carbocycles. The number of nitrogens with one attached hydrogen (secondary N) is 1. The first-order valence-corrected chi connectivity index (χ1v) is 7.48. The van der Waals surface area contributed by atoms with Gasteiger partial charge in [-0.3, -0.25) is 4.79 Å². The van der Waals surface area contributed by atoms with Crippen molar-refractivity contribution in [3.05, 3.63) is 23.6 Å². The second-order valence-corrected chi connectivity index (χ2v) is 5.28. The van der Waals surface area contributed by atoms with E-state index in [1.807, 2.05) is 6.92 Å². The Labute approximate surface area is 124 Å². The molecule has 0 aliphatic heterocycles. The molecule has 1 amide bonds. The van der Waals surface area contributed by atoms with E-state index in [-0.39, 0.29) is 30.7 Å². The maximum atomic E-state index is 13.5. The monoisotopic (exact) mass is 295 g/mol. The number of amides is 1. The summed E-state index contributed by atoms with van der Waals surface area (Å²) in [6.45, 7) is 2.85. The number of anilines is 1. The van der Waals surface area contributed by atoms with Crippen molar-refractivity contribution in [2.45, 2.75) is 38.6 Å². The molecule has 116 valence electrons. The van der Waals surface area contributed by atoms with Crippen LogP contribution in [0.15, 0.2) is 12.3 Å². The second kappa shape index (κ2) is 7.36. The number of aliphatic hydroxyl groups excluding tert-OH is 1. The van der Waals surface area contributed by atoms with Gasteiger partial charge in [0.25, 0.3) is 5.91 Å². The van der Waals surface area contributed by atoms with Crippen LogP contribution in [0.1, 0.15) is 43.0 Å². The third-order valence-corrected chi connectivity index (χ3v) is 3.74. The number of carbonyl (C=O) groups excluding carboxylic acids is 1. The maximum absolute atomic E-state index is 13.5. The molecule has 21 heavy (non-hydrogen) atoms. The molecule has 0 bridgehead atoms. The van der Waals surface area contributed by atoms with Crippen LogP contribution in [-0.2, 0) is 0 Å². The van der Waals surface area contributed by atoms with Gasteiger partial charge in [-0.25, -0.2) is 9.37 Å². The van der Waals surface area contributed by atoms with Crippen molar-refractivity contribution in [2.75, 3.05) is 25.0 Å². The number of halogens is 1. The summed E-state index contributed by atoms with van der Waals surface area (Å²) in [6.07, 6.45) is 4.95. The molecule has 2 rings (SSSR count). The summed E-state index contributed by atoms with van der Waals surface area (Å²) in [4.78, 5) is 18.3. The van der Waals surface area contributed by atoms with Gasteiger partial charge in [-0.15, -0.1) is 0 Å². The van der Waals surface area contributed by atoms with Crippen LogP contribution in [0.4, 0.5) is 10.2 Å². The molecular weight excluding hydrogens is 273 g/mol. The molecule has 0 atom stereocenters. The lowest BCUT2D eigenvalue weighted by atomic mass is 9.91. The third-order valence-electron chi connectivity index (χ3n) is 3.74. The Hall–Kier alpha value is -1.69. The molecule has 0 spiro atoms. The second-order valence-electron chi connectivity index (χ2n) is 5.28. The molecule has 0 unspecified atom stereocenters. The van der Waals surface area contributed by atoms with Gasteiger partial charge in [0.15, 0.2) is 0 Å². The fourth-order valence-corrected chi connectivity index (χ4v) is 2.40. The zero-order valence-corrected chi connectivity index (χ0v) is 12.3. The minimum atomic E-state index is -0.530. The van der Waals surface area contributed by atoms with E-state index in [4.69, 9.17) is 5.11 Å². The van der Waals surface area contributed by atoms with E-state index in [1.165, 1.54) is 6.07 Å². The highest BCUT2D eigenvalue weighted by Crippen LogP contribution is 2.27. The lowest BCUT2D eigenvalue weighted by Gasteiger charge is -2.37. The van der Waals surface area contributed by atoms with E-state index in [9.17, 15) is 9.18 Å². The van der Waals surface area contributed by atoms with E-state index in [2.05, 4.69) is 10.3 Å². The van der Waals surface area contributed by atoms with E-state index < -0.39 is 5.82 Å². The van der Waals surface area contributed by atoms with Crippen LogP contribution < -0.4 is 5.32 Å². The van der Waals surface area contributed by atoms with E-state index in [0.29, 0.717) is 12.4 Å². The van der Waals surface area contributed by atoms with Gasteiger partial charge in [-0.2, -0.15) is 0 Å². The van der Waals surface area contributed by atoms with Gasteiger partial charge in [0.05, 0.1) is 18.4 Å². The number of hydrogen-bond acceptors (Lipinski definition) is 4. The molecule has 1 saturated carbocycles. The fraction of sp³-hybridized carbons (Fsp3) is 0.600. The maximum Gasteiger partial charge on any atom is 0.258 e. The molecule has 0 radical (unpaired) electrons. The Bertz CT molecular complexity index is 492. The van der Waals surface area contributed by atoms with Crippen molar-refractivity contribution in [2.24, 2.45) is 0 Å². The molecule has 1 fully saturated rings. The Balaban J connectivity index is 2.24. The highest BCUT2D eigenvalue weighted by Gasteiger charge is 2.30. The average molecular weight is 295 g/mol. The third kappa shape index (κ3) is 3.69. The predicted molar refractivity (Wildman–Crippen MR) is 78.7 cm³/mol. The summed E-state index contributed by atoms with van der Waals surface area (Å²) in [5.41, 5.74) is 0.240. The number of pyridine rings is 1. The molecule has 1 aliphatic rings. The zero-order chi connectivity index (χ0) is 15.2. The molecule has 2 N–H and O–H groups in total. The molecule has 5 nitrogen and oxygen atoms in total. The summed E-state index contributed by atoms with van der Waals surface area (Å²) in [6, 6.07) is 1.36. The van der Waals surface area contributed by atoms with Crippen molar-refractivity contribution < 1.29 is 14.3 Å². The molecule has 1 aromatic heterocycles. The van der Waals surface area contributed by atoms with Crippen LogP contribution in [0.25, 0.3) is 0 Å². The Morgan fingerprint density at radius 3 is 2.90 bits per heavy atom. The van der Waals surface area contributed by atoms with Gasteiger partial charge >= 0.3 is 0 Å². The molecule has 0 saturated heterocycles. The molecule has 1 aromatic rings. The summed E-state index contributed by atoms with van der Waals surface area (Å²) >= 11 is 0. The smallest absolute Gasteiger partial charge is 0.258 e. The predicted octanol–water partition coefficient (Wildman–Crippen LogP) is 2.03. The van der Waals surface area contributed by atoms with Crippen LogP contribution in [0, 0.1) is 5.82 Å². The quantitative estimate of drug-likeness (QED) is 0.808. The topological polar surface area (TPSA) is 65.5 Å². The summed E-state index contributed by atoms with van der Waals surface area (Å²) < 4.78 is 13.5. The van der Waals surface area contributed by atoms with Crippen molar-refractivity contribution >= 4 is 11.7 Å². The number of aromatic nitrogens is 1. The van der Waals surface area contributed by atoms with Crippen LogP contribution in [0.5, 0.6) is 0 Å². The SMILES string of the molecule is CCCNc1ncc(F)cc1C(=O)N(CCO)C1CCC1. The van der Waals surface area contributed by atoms with Crippen molar-refractivity contribution in [3.8, 4) is 0 Å². The van der Waals surface area contributed by atoms with Gasteiger partial charge in [-0.1, -0.05) is 6.92 Å². The van der Waals surface area contributed by atoms with Gasteiger partial charge < -0.3 is 15.3 Å². The van der Waals surface area contributed by atoms with E-state index in [0.717, 1.165) is 31.9 Å². The number of rotatable bonds is 7. The minimum absolute atomic E-state index is 0.0945. The lowest BCUT2D eigenvalue weighted by molar-refractivity contribution is 0.0526. The molecule has 1 aliphatic carbocycles. The van der Waals surface area contributed by atoms with Crippen LogP contribution >= 0.6 is 0 Å². The van der Waals surface area contributed by atoms with Crippen LogP contribution in [0.3, 0.4) is 0 Å². The number of hydrogen-bond donors (Lipinski definition) is 2. The van der Waals surface area contributed by atoms with E-state index >= 15 is 0 Å². The van der Waals surface area contributed by atoms with Gasteiger partial charge in [0.1, 0.15) is 11.6 Å². The summed E-state index contributed by atoms with van der Waals surface area (Å²) in [5.74, 6) is -0.386. The van der Waals surface area contributed by atoms with E-state index in [1.54, 1.807) is 4.90 Å². The molecule has 1 heterocycles. The van der Waals surface area contributed by atoms with Gasteiger partial charge in [0.2, 0.25) is 0 Å². The molecular formula is C15H22FN3O2. The van der Waals surface area contributed by atoms with Crippen molar-refractivity contribution in [1.82, 2.24) is 9.88 Å². The minimum Gasteiger partial charge on any atom is -0.395 e. The first kappa shape index (κ1) is 15.7. The first-order chi connectivity index (χ1) is 10.2. The standard InChI is InChI=1S/C15H22FN3O2/c1-2-6-17-14-13(9-11(16)10-18-14)15(21)19(7-8-20)12-4-3-5-12/h9-10,12,20H,2-8H2,1H3,(H,17,18). The fourth-order valence-electron chi connectivity index (χ4n) is 2.40. The van der Waals surface area contributed by atoms with Crippen LogP contribution in [-0.4, -0.2) is 46.6 Å². The first-order valence-electron chi connectivity index (χ1n) is 7.48. The number of nitrogens with zero attached hydrogens (tertiary/aromatic N) is 2. The normalized spacial score (nSPS) is 14.6. The lowest BCUT2D eigenvalue weighted by Crippen LogP contribution is -2.45. The number of aliphatic hydroxyl groups is 1. The van der Waals surface area contributed by atoms with Gasteiger partial charge in [-0.05, 0) is 31.7 Å². The highest BCUT2D eigenvalue weighted by molar-refractivity contribution is 5.99. The molecule has 6 heteroatoms. The Morgan fingerprint density at radius 1 is 1.57 bits per heavy atom. The Kier molecular flexibility index (Phi) is 5.50. The van der Waals surface area contributed by atoms with Gasteiger partial charge in [0, 0.05) is 19.1 Å². The van der Waals surface area contributed by atoms with Crippen molar-refractivity contribution in [1.29, 1.82) is 0 Å². The summed E-state index contributed by atoms with van der Waals surface area (Å²) in [7, 11) is 0. The Morgan fingerprint density at radius 2 is 2.33 bits per heavy atom. The average Bonchev–Trinajstić information content (AvgIpc) is 2.43. The zero-order valence-electron chi connectivity index (χ0n) is 12.3. The largest absolute Gasteiger partial charge is 0.395 e.